The van der Waals surface area contributed by atoms with E-state index in [1.54, 1.807) is 0 Å². The number of hydrogen-bond acceptors (Lipinski definition) is 6. The van der Waals surface area contributed by atoms with Crippen LogP contribution < -0.4 is 0 Å². The van der Waals surface area contributed by atoms with Gasteiger partial charge in [-0.25, -0.2) is 0 Å². The van der Waals surface area contributed by atoms with Crippen LogP contribution in [0.3, 0.4) is 0 Å². The molecule has 0 saturated carbocycles. The van der Waals surface area contributed by atoms with Gasteiger partial charge in [-0.2, -0.15) is 0 Å². The fraction of sp³-hybridized carbons (Fsp3) is 0.943. The van der Waals surface area contributed by atoms with E-state index in [-0.39, 0.29) is 31.1 Å². The summed E-state index contributed by atoms with van der Waals surface area (Å²) in [5, 5.41) is 0. The van der Waals surface area contributed by atoms with Gasteiger partial charge in [0.1, 0.15) is 13.2 Å². The summed E-state index contributed by atoms with van der Waals surface area (Å²) in [6.45, 7) is 9.00. The number of hydrogen-bond donors (Lipinski definition) is 0. The minimum Gasteiger partial charge on any atom is -0.462 e. The molecular formula is C53H102O6. The molecular weight excluding hydrogens is 733 g/mol. The predicted molar refractivity (Wildman–Crippen MR) is 252 cm³/mol. The Morgan fingerprint density at radius 3 is 0.831 bits per heavy atom. The van der Waals surface area contributed by atoms with Gasteiger partial charge in [-0.05, 0) is 25.2 Å². The third-order valence-corrected chi connectivity index (χ3v) is 12.0. The standard InChI is InChI=1S/C53H102O6/c1-5-7-9-11-13-14-15-16-17-18-19-23-26-29-33-37-41-45-52(55)58-48-50(47-57-51(54)44-40-36-31-12-10-8-6-2)59-53(56)46-42-38-34-30-27-24-21-20-22-25-28-32-35-39-43-49(3)4/h49-50H,5-48H2,1-4H3/t50-/m1/s1. The number of unbranched alkanes of at least 4 members (excludes halogenated alkanes) is 35. The monoisotopic (exact) mass is 835 g/mol. The summed E-state index contributed by atoms with van der Waals surface area (Å²) in [6, 6.07) is 0. The predicted octanol–water partition coefficient (Wildman–Crippen LogP) is 17.1. The van der Waals surface area contributed by atoms with Crippen molar-refractivity contribution in [3.05, 3.63) is 0 Å². The molecule has 59 heavy (non-hydrogen) atoms. The highest BCUT2D eigenvalue weighted by Crippen LogP contribution is 2.17. The van der Waals surface area contributed by atoms with Gasteiger partial charge in [0.05, 0.1) is 0 Å². The largest absolute Gasteiger partial charge is 0.462 e. The van der Waals surface area contributed by atoms with Crippen LogP contribution in [0.25, 0.3) is 0 Å². The smallest absolute Gasteiger partial charge is 0.306 e. The van der Waals surface area contributed by atoms with E-state index in [0.29, 0.717) is 19.3 Å². The lowest BCUT2D eigenvalue weighted by Gasteiger charge is -2.18. The molecule has 0 spiro atoms. The lowest BCUT2D eigenvalue weighted by molar-refractivity contribution is -0.167. The van der Waals surface area contributed by atoms with Crippen LogP contribution in [-0.2, 0) is 28.6 Å². The summed E-state index contributed by atoms with van der Waals surface area (Å²) in [6.07, 6.45) is 49.6. The molecule has 0 aliphatic carbocycles. The van der Waals surface area contributed by atoms with E-state index >= 15 is 0 Å². The van der Waals surface area contributed by atoms with Crippen molar-refractivity contribution in [3.63, 3.8) is 0 Å². The Labute approximate surface area is 368 Å². The molecule has 350 valence electrons. The van der Waals surface area contributed by atoms with Gasteiger partial charge in [0.2, 0.25) is 0 Å². The number of rotatable bonds is 48. The Kier molecular flexibility index (Phi) is 46.2. The summed E-state index contributed by atoms with van der Waals surface area (Å²) >= 11 is 0. The summed E-state index contributed by atoms with van der Waals surface area (Å²) in [5.41, 5.74) is 0. The van der Waals surface area contributed by atoms with Crippen molar-refractivity contribution in [2.24, 2.45) is 5.92 Å². The molecule has 1 atom stereocenters. The molecule has 6 nitrogen and oxygen atoms in total. The van der Waals surface area contributed by atoms with Crippen molar-refractivity contribution in [1.29, 1.82) is 0 Å². The highest BCUT2D eigenvalue weighted by Gasteiger charge is 2.19. The van der Waals surface area contributed by atoms with Gasteiger partial charge in [0.15, 0.2) is 6.10 Å². The van der Waals surface area contributed by atoms with Crippen molar-refractivity contribution in [2.45, 2.75) is 303 Å². The van der Waals surface area contributed by atoms with Gasteiger partial charge in [0.25, 0.3) is 0 Å². The van der Waals surface area contributed by atoms with E-state index in [1.807, 2.05) is 0 Å². The van der Waals surface area contributed by atoms with Crippen molar-refractivity contribution in [1.82, 2.24) is 0 Å². The van der Waals surface area contributed by atoms with Crippen LogP contribution in [0.15, 0.2) is 0 Å². The first-order valence-corrected chi connectivity index (χ1v) is 26.4. The molecule has 0 unspecified atom stereocenters. The van der Waals surface area contributed by atoms with Crippen molar-refractivity contribution >= 4 is 17.9 Å². The molecule has 0 aliphatic heterocycles. The van der Waals surface area contributed by atoms with Gasteiger partial charge in [-0.1, -0.05) is 259 Å². The van der Waals surface area contributed by atoms with E-state index in [2.05, 4.69) is 27.7 Å². The molecule has 0 amide bonds. The van der Waals surface area contributed by atoms with Crippen molar-refractivity contribution in [3.8, 4) is 0 Å². The van der Waals surface area contributed by atoms with Gasteiger partial charge < -0.3 is 14.2 Å². The third kappa shape index (κ3) is 47.3. The topological polar surface area (TPSA) is 78.9 Å². The third-order valence-electron chi connectivity index (χ3n) is 12.0. The lowest BCUT2D eigenvalue weighted by Crippen LogP contribution is -2.30. The van der Waals surface area contributed by atoms with Crippen LogP contribution in [-0.4, -0.2) is 37.2 Å². The maximum Gasteiger partial charge on any atom is 0.306 e. The van der Waals surface area contributed by atoms with E-state index in [0.717, 1.165) is 63.7 Å². The summed E-state index contributed by atoms with van der Waals surface area (Å²) in [4.78, 5) is 37.8. The second-order valence-electron chi connectivity index (χ2n) is 18.6. The summed E-state index contributed by atoms with van der Waals surface area (Å²) in [5.74, 6) is -0.00619. The van der Waals surface area contributed by atoms with Crippen LogP contribution in [0.4, 0.5) is 0 Å². The molecule has 0 heterocycles. The van der Waals surface area contributed by atoms with Gasteiger partial charge >= 0.3 is 17.9 Å². The van der Waals surface area contributed by atoms with Crippen LogP contribution >= 0.6 is 0 Å². The van der Waals surface area contributed by atoms with Crippen LogP contribution in [0.1, 0.15) is 297 Å². The Bertz CT molecular complexity index is 887. The summed E-state index contributed by atoms with van der Waals surface area (Å²) < 4.78 is 16.8. The highest BCUT2D eigenvalue weighted by atomic mass is 16.6. The Morgan fingerprint density at radius 1 is 0.322 bits per heavy atom. The van der Waals surface area contributed by atoms with Gasteiger partial charge in [-0.3, -0.25) is 14.4 Å². The Balaban J connectivity index is 4.18. The molecule has 0 aromatic rings. The average molecular weight is 835 g/mol. The molecule has 6 heteroatoms. The van der Waals surface area contributed by atoms with E-state index in [4.69, 9.17) is 14.2 Å². The normalized spacial score (nSPS) is 11.9. The van der Waals surface area contributed by atoms with Gasteiger partial charge in [0, 0.05) is 19.3 Å². The number of esters is 3. The SMILES string of the molecule is CCCCCCCCCCCCCCCCCCCC(=O)OC[C@@H](COC(=O)CCCCCCCCC)OC(=O)CCCCCCCCCCCCCCCCC(C)C. The molecule has 0 aliphatic rings. The maximum atomic E-state index is 12.8. The molecule has 0 N–H and O–H groups in total. The zero-order valence-corrected chi connectivity index (χ0v) is 40.2. The molecule has 0 saturated heterocycles. The fourth-order valence-electron chi connectivity index (χ4n) is 8.04. The molecule has 0 bridgehead atoms. The Hall–Kier alpha value is -1.59. The van der Waals surface area contributed by atoms with E-state index in [1.165, 1.54) is 193 Å². The summed E-state index contributed by atoms with van der Waals surface area (Å²) in [7, 11) is 0. The van der Waals surface area contributed by atoms with Crippen molar-refractivity contribution < 1.29 is 28.6 Å². The first kappa shape index (κ1) is 57.4. The second kappa shape index (κ2) is 47.5. The van der Waals surface area contributed by atoms with Crippen LogP contribution in [0.2, 0.25) is 0 Å². The zero-order valence-electron chi connectivity index (χ0n) is 40.2. The Morgan fingerprint density at radius 2 is 0.559 bits per heavy atom. The second-order valence-corrected chi connectivity index (χ2v) is 18.6. The van der Waals surface area contributed by atoms with Gasteiger partial charge in [-0.15, -0.1) is 0 Å². The van der Waals surface area contributed by atoms with E-state index in [9.17, 15) is 14.4 Å². The average Bonchev–Trinajstić information content (AvgIpc) is 3.22. The molecule has 0 fully saturated rings. The minimum absolute atomic E-state index is 0.0630. The number of ether oxygens (including phenoxy) is 3. The first-order chi connectivity index (χ1) is 28.9. The first-order valence-electron chi connectivity index (χ1n) is 26.4. The van der Waals surface area contributed by atoms with Crippen LogP contribution in [0, 0.1) is 5.92 Å². The lowest BCUT2D eigenvalue weighted by atomic mass is 10.0. The zero-order chi connectivity index (χ0) is 43.1. The van der Waals surface area contributed by atoms with Crippen LogP contribution in [0.5, 0.6) is 0 Å². The molecule has 0 rings (SSSR count). The maximum absolute atomic E-state index is 12.8. The van der Waals surface area contributed by atoms with E-state index < -0.39 is 6.10 Å². The number of carbonyl (C=O) groups is 3. The highest BCUT2D eigenvalue weighted by molar-refractivity contribution is 5.71. The quantitative estimate of drug-likeness (QED) is 0.0345. The van der Waals surface area contributed by atoms with Crippen molar-refractivity contribution in [2.75, 3.05) is 13.2 Å². The molecule has 0 radical (unpaired) electrons. The molecule has 0 aromatic heterocycles. The molecule has 0 aromatic carbocycles. The number of carbonyl (C=O) groups excluding carboxylic acids is 3. The fourth-order valence-corrected chi connectivity index (χ4v) is 8.04. The minimum atomic E-state index is -0.759.